The molecular formula is C11H24NO+. The van der Waals surface area contributed by atoms with E-state index in [1.807, 2.05) is 0 Å². The summed E-state index contributed by atoms with van der Waals surface area (Å²) >= 11 is 0. The second kappa shape index (κ2) is 4.43. The first kappa shape index (κ1) is 11.0. The van der Waals surface area contributed by atoms with E-state index in [0.29, 0.717) is 6.10 Å². The first-order valence-corrected chi connectivity index (χ1v) is 5.46. The largest absolute Gasteiger partial charge is 0.373 e. The average Bonchev–Trinajstić information content (AvgIpc) is 2.01. The molecule has 2 nitrogen and oxygen atoms in total. The van der Waals surface area contributed by atoms with Gasteiger partial charge in [-0.2, -0.15) is 0 Å². The Balaban J connectivity index is 2.37. The van der Waals surface area contributed by atoms with Crippen molar-refractivity contribution in [2.45, 2.75) is 45.3 Å². The Morgan fingerprint density at radius 1 is 1.31 bits per heavy atom. The first-order chi connectivity index (χ1) is 6.02. The predicted molar refractivity (Wildman–Crippen MR) is 55.7 cm³/mol. The maximum Gasteiger partial charge on any atom is 0.112 e. The van der Waals surface area contributed by atoms with Crippen LogP contribution in [0, 0.1) is 0 Å². The van der Waals surface area contributed by atoms with Gasteiger partial charge < -0.3 is 9.22 Å². The van der Waals surface area contributed by atoms with E-state index in [9.17, 15) is 0 Å². The number of hydrogen-bond donors (Lipinski definition) is 0. The molecule has 0 amide bonds. The third-order valence-corrected chi connectivity index (χ3v) is 3.13. The Hall–Kier alpha value is -0.0800. The summed E-state index contributed by atoms with van der Waals surface area (Å²) in [5.41, 5.74) is 0. The zero-order valence-electron chi connectivity index (χ0n) is 9.55. The maximum atomic E-state index is 5.70. The normalized spacial score (nSPS) is 27.9. The van der Waals surface area contributed by atoms with E-state index in [-0.39, 0.29) is 0 Å². The molecule has 1 unspecified atom stereocenters. The van der Waals surface area contributed by atoms with Gasteiger partial charge >= 0.3 is 0 Å². The monoisotopic (exact) mass is 186 g/mol. The number of piperidine rings is 1. The van der Waals surface area contributed by atoms with Crippen molar-refractivity contribution in [3.63, 3.8) is 0 Å². The molecule has 0 aromatic rings. The number of likely N-dealkylation sites (N-methyl/N-ethyl adjacent to an activating group) is 1. The lowest BCUT2D eigenvalue weighted by Gasteiger charge is -2.41. The Kier molecular flexibility index (Phi) is 3.74. The van der Waals surface area contributed by atoms with Crippen molar-refractivity contribution in [2.75, 3.05) is 27.2 Å². The van der Waals surface area contributed by atoms with Gasteiger partial charge in [0.15, 0.2) is 0 Å². The Morgan fingerprint density at radius 2 is 2.00 bits per heavy atom. The van der Waals surface area contributed by atoms with Crippen LogP contribution in [-0.2, 0) is 4.74 Å². The lowest BCUT2D eigenvalue weighted by Crippen LogP contribution is -2.54. The molecule has 0 bridgehead atoms. The summed E-state index contributed by atoms with van der Waals surface area (Å²) in [6.07, 6.45) is 4.47. The topological polar surface area (TPSA) is 9.23 Å². The van der Waals surface area contributed by atoms with Crippen molar-refractivity contribution < 1.29 is 9.22 Å². The molecule has 13 heavy (non-hydrogen) atoms. The quantitative estimate of drug-likeness (QED) is 0.613. The number of rotatable bonds is 3. The average molecular weight is 186 g/mol. The molecule has 2 heteroatoms. The highest BCUT2D eigenvalue weighted by atomic mass is 16.5. The first-order valence-electron chi connectivity index (χ1n) is 5.46. The SMILES string of the molecule is CC(C)OCC1CCCC[N+]1(C)C. The molecule has 0 N–H and O–H groups in total. The fourth-order valence-corrected chi connectivity index (χ4v) is 2.02. The second-order valence-electron chi connectivity index (χ2n) is 5.03. The van der Waals surface area contributed by atoms with E-state index in [0.717, 1.165) is 17.1 Å². The minimum absolute atomic E-state index is 0.377. The molecule has 1 aliphatic heterocycles. The van der Waals surface area contributed by atoms with Gasteiger partial charge in [0, 0.05) is 6.42 Å². The molecule has 0 aromatic heterocycles. The van der Waals surface area contributed by atoms with Gasteiger partial charge in [0.05, 0.1) is 33.4 Å². The van der Waals surface area contributed by atoms with Crippen molar-refractivity contribution in [1.29, 1.82) is 0 Å². The van der Waals surface area contributed by atoms with Crippen LogP contribution >= 0.6 is 0 Å². The minimum atomic E-state index is 0.377. The molecule has 0 radical (unpaired) electrons. The number of quaternary nitrogens is 1. The molecule has 1 rings (SSSR count). The van der Waals surface area contributed by atoms with Gasteiger partial charge in [-0.15, -0.1) is 0 Å². The number of nitrogens with zero attached hydrogens (tertiary/aromatic N) is 1. The van der Waals surface area contributed by atoms with E-state index in [4.69, 9.17) is 4.74 Å². The van der Waals surface area contributed by atoms with Crippen LogP contribution in [0.2, 0.25) is 0 Å². The molecule has 0 spiro atoms. The lowest BCUT2D eigenvalue weighted by molar-refractivity contribution is -0.920. The van der Waals surface area contributed by atoms with Crippen molar-refractivity contribution >= 4 is 0 Å². The molecule has 0 aromatic carbocycles. The molecule has 78 valence electrons. The third-order valence-electron chi connectivity index (χ3n) is 3.13. The van der Waals surface area contributed by atoms with Crippen molar-refractivity contribution in [3.05, 3.63) is 0 Å². The minimum Gasteiger partial charge on any atom is -0.373 e. The summed E-state index contributed by atoms with van der Waals surface area (Å²) in [5.74, 6) is 0. The predicted octanol–water partition coefficient (Wildman–Crippen LogP) is 2.04. The summed E-state index contributed by atoms with van der Waals surface area (Å²) in [4.78, 5) is 0. The van der Waals surface area contributed by atoms with Crippen LogP contribution in [0.15, 0.2) is 0 Å². The molecule has 0 saturated carbocycles. The molecule has 1 atom stereocenters. The highest BCUT2D eigenvalue weighted by Gasteiger charge is 2.31. The zero-order chi connectivity index (χ0) is 9.90. The van der Waals surface area contributed by atoms with E-state index >= 15 is 0 Å². The molecule has 0 aliphatic carbocycles. The van der Waals surface area contributed by atoms with Gasteiger partial charge in [-0.1, -0.05) is 0 Å². The van der Waals surface area contributed by atoms with Gasteiger partial charge in [-0.3, -0.25) is 0 Å². The Morgan fingerprint density at radius 3 is 2.54 bits per heavy atom. The van der Waals surface area contributed by atoms with E-state index < -0.39 is 0 Å². The van der Waals surface area contributed by atoms with Crippen LogP contribution < -0.4 is 0 Å². The second-order valence-corrected chi connectivity index (χ2v) is 5.03. The molecular weight excluding hydrogens is 162 g/mol. The fraction of sp³-hybridized carbons (Fsp3) is 1.00. The van der Waals surface area contributed by atoms with Gasteiger partial charge in [0.2, 0.25) is 0 Å². The van der Waals surface area contributed by atoms with Crippen LogP contribution in [0.25, 0.3) is 0 Å². The van der Waals surface area contributed by atoms with Crippen molar-refractivity contribution in [2.24, 2.45) is 0 Å². The molecule has 1 aliphatic rings. The Labute approximate surface area is 82.5 Å². The van der Waals surface area contributed by atoms with E-state index in [2.05, 4.69) is 27.9 Å². The number of likely N-dealkylation sites (tertiary alicyclic amines) is 1. The van der Waals surface area contributed by atoms with Gasteiger partial charge in [-0.05, 0) is 26.7 Å². The van der Waals surface area contributed by atoms with Crippen molar-refractivity contribution in [3.8, 4) is 0 Å². The zero-order valence-corrected chi connectivity index (χ0v) is 9.55. The summed E-state index contributed by atoms with van der Waals surface area (Å²) < 4.78 is 6.85. The molecule has 1 heterocycles. The fourth-order valence-electron chi connectivity index (χ4n) is 2.02. The molecule has 1 saturated heterocycles. The van der Waals surface area contributed by atoms with Crippen LogP contribution in [-0.4, -0.2) is 43.9 Å². The standard InChI is InChI=1S/C11H24NO/c1-10(2)13-9-11-7-5-6-8-12(11,3)4/h10-11H,5-9H2,1-4H3/q+1. The van der Waals surface area contributed by atoms with Crippen LogP contribution in [0.3, 0.4) is 0 Å². The lowest BCUT2D eigenvalue weighted by atomic mass is 10.0. The van der Waals surface area contributed by atoms with E-state index in [1.54, 1.807) is 0 Å². The van der Waals surface area contributed by atoms with Crippen LogP contribution in [0.1, 0.15) is 33.1 Å². The summed E-state index contributed by atoms with van der Waals surface area (Å²) in [6.45, 7) is 6.47. The van der Waals surface area contributed by atoms with Crippen molar-refractivity contribution in [1.82, 2.24) is 0 Å². The van der Waals surface area contributed by atoms with Crippen LogP contribution in [0.4, 0.5) is 0 Å². The van der Waals surface area contributed by atoms with Crippen LogP contribution in [0.5, 0.6) is 0 Å². The summed E-state index contributed by atoms with van der Waals surface area (Å²) in [6, 6.07) is 0.719. The number of hydrogen-bond acceptors (Lipinski definition) is 1. The highest BCUT2D eigenvalue weighted by molar-refractivity contribution is 4.64. The van der Waals surface area contributed by atoms with E-state index in [1.165, 1.54) is 25.8 Å². The maximum absolute atomic E-state index is 5.70. The summed E-state index contributed by atoms with van der Waals surface area (Å²) in [5, 5.41) is 0. The molecule has 1 fully saturated rings. The Bertz CT molecular complexity index is 154. The van der Waals surface area contributed by atoms with Gasteiger partial charge in [-0.25, -0.2) is 0 Å². The summed E-state index contributed by atoms with van der Waals surface area (Å²) in [7, 11) is 4.65. The number of ether oxygens (including phenoxy) is 1. The van der Waals surface area contributed by atoms with Gasteiger partial charge in [0.25, 0.3) is 0 Å². The third kappa shape index (κ3) is 3.28. The smallest absolute Gasteiger partial charge is 0.112 e. The van der Waals surface area contributed by atoms with Gasteiger partial charge in [0.1, 0.15) is 6.04 Å². The highest BCUT2D eigenvalue weighted by Crippen LogP contribution is 2.21.